The monoisotopic (exact) mass is 341 g/mol. The maximum Gasteiger partial charge on any atom is 0.255 e. The molecule has 2 aromatic carbocycles. The van der Waals surface area contributed by atoms with E-state index in [2.05, 4.69) is 16.3 Å². The number of ether oxygens (including phenoxy) is 1. The van der Waals surface area contributed by atoms with Crippen LogP contribution in [0.25, 0.3) is 0 Å². The fourth-order valence-corrected chi connectivity index (χ4v) is 2.36. The molecule has 0 unspecified atom stereocenters. The lowest BCUT2D eigenvalue weighted by Crippen LogP contribution is -2.24. The lowest BCUT2D eigenvalue weighted by molar-refractivity contribution is -0.119. The van der Waals surface area contributed by atoms with Crippen LogP contribution >= 0.6 is 0 Å². The number of amides is 2. The minimum absolute atomic E-state index is 0.166. The molecule has 6 nitrogen and oxygen atoms in total. The van der Waals surface area contributed by atoms with Crippen molar-refractivity contribution >= 4 is 11.8 Å². The van der Waals surface area contributed by atoms with Gasteiger partial charge in [-0.1, -0.05) is 24.3 Å². The van der Waals surface area contributed by atoms with Crippen LogP contribution in [0.3, 0.4) is 0 Å². The second-order valence-corrected chi connectivity index (χ2v) is 5.97. The van der Waals surface area contributed by atoms with Crippen molar-refractivity contribution in [2.75, 3.05) is 20.7 Å². The van der Waals surface area contributed by atoms with Gasteiger partial charge in [0.05, 0.1) is 0 Å². The highest BCUT2D eigenvalue weighted by Crippen LogP contribution is 2.13. The zero-order valence-electron chi connectivity index (χ0n) is 14.5. The van der Waals surface area contributed by atoms with Crippen molar-refractivity contribution in [3.63, 3.8) is 0 Å². The van der Waals surface area contributed by atoms with Crippen LogP contribution in [-0.2, 0) is 17.9 Å². The number of nitrogens with one attached hydrogen (secondary N) is 1. The van der Waals surface area contributed by atoms with Crippen LogP contribution in [-0.4, -0.2) is 37.4 Å². The van der Waals surface area contributed by atoms with Crippen molar-refractivity contribution in [2.45, 2.75) is 13.1 Å². The highest BCUT2D eigenvalue weighted by atomic mass is 16.5. The third kappa shape index (κ3) is 5.93. The summed E-state index contributed by atoms with van der Waals surface area (Å²) in [6, 6.07) is 14.6. The van der Waals surface area contributed by atoms with E-state index in [1.54, 1.807) is 24.3 Å². The normalized spacial score (nSPS) is 10.5. The van der Waals surface area contributed by atoms with Crippen molar-refractivity contribution < 1.29 is 14.3 Å². The Kier molecular flexibility index (Phi) is 6.54. The van der Waals surface area contributed by atoms with Crippen LogP contribution in [0.5, 0.6) is 5.75 Å². The molecule has 0 saturated carbocycles. The molecule has 0 heterocycles. The summed E-state index contributed by atoms with van der Waals surface area (Å²) in [6.45, 7) is 1.09. The van der Waals surface area contributed by atoms with Crippen molar-refractivity contribution in [3.05, 3.63) is 65.2 Å². The molecule has 6 heteroatoms. The molecule has 0 aliphatic rings. The molecule has 0 bridgehead atoms. The molecular formula is C19H23N3O3. The van der Waals surface area contributed by atoms with Crippen molar-refractivity contribution in [1.29, 1.82) is 0 Å². The van der Waals surface area contributed by atoms with Gasteiger partial charge in [-0.2, -0.15) is 0 Å². The Hall–Kier alpha value is -2.86. The lowest BCUT2D eigenvalue weighted by Gasteiger charge is -2.14. The molecule has 132 valence electrons. The molecule has 0 atom stereocenters. The van der Waals surface area contributed by atoms with Crippen LogP contribution < -0.4 is 15.8 Å². The van der Waals surface area contributed by atoms with E-state index in [1.807, 2.05) is 32.3 Å². The molecular weight excluding hydrogens is 318 g/mol. The van der Waals surface area contributed by atoms with Gasteiger partial charge in [0.1, 0.15) is 5.75 Å². The van der Waals surface area contributed by atoms with E-state index in [0.29, 0.717) is 17.9 Å². The average molecular weight is 341 g/mol. The van der Waals surface area contributed by atoms with E-state index < -0.39 is 5.91 Å². The van der Waals surface area contributed by atoms with Gasteiger partial charge < -0.3 is 20.7 Å². The summed E-state index contributed by atoms with van der Waals surface area (Å²) in [5.41, 5.74) is 7.82. The molecule has 0 spiro atoms. The number of hydrogen-bond acceptors (Lipinski definition) is 4. The third-order valence-corrected chi connectivity index (χ3v) is 3.54. The van der Waals surface area contributed by atoms with E-state index in [9.17, 15) is 9.59 Å². The SMILES string of the molecule is CN(C)Cc1ccccc1CNC(=O)c1ccc(OCC(N)=O)cc1. The number of carbonyl (C=O) groups excluding carboxylic acids is 2. The number of primary amides is 1. The number of rotatable bonds is 8. The molecule has 0 aromatic heterocycles. The average Bonchev–Trinajstić information content (AvgIpc) is 2.59. The third-order valence-electron chi connectivity index (χ3n) is 3.54. The zero-order valence-corrected chi connectivity index (χ0v) is 14.5. The summed E-state index contributed by atoms with van der Waals surface area (Å²) in [7, 11) is 4.02. The Bertz CT molecular complexity index is 727. The van der Waals surface area contributed by atoms with Crippen LogP contribution in [0.15, 0.2) is 48.5 Å². The smallest absolute Gasteiger partial charge is 0.255 e. The Morgan fingerprint density at radius 3 is 2.28 bits per heavy atom. The highest BCUT2D eigenvalue weighted by molar-refractivity contribution is 5.94. The maximum absolute atomic E-state index is 12.3. The summed E-state index contributed by atoms with van der Waals surface area (Å²) < 4.78 is 5.17. The van der Waals surface area contributed by atoms with Crippen LogP contribution in [0.1, 0.15) is 21.5 Å². The number of hydrogen-bond donors (Lipinski definition) is 2. The van der Waals surface area contributed by atoms with Gasteiger partial charge in [0.2, 0.25) is 0 Å². The Morgan fingerprint density at radius 2 is 1.68 bits per heavy atom. The van der Waals surface area contributed by atoms with Crippen LogP contribution in [0.4, 0.5) is 0 Å². The first kappa shape index (κ1) is 18.5. The van der Waals surface area contributed by atoms with Gasteiger partial charge in [-0.25, -0.2) is 0 Å². The summed E-state index contributed by atoms with van der Waals surface area (Å²) in [6.07, 6.45) is 0. The fourth-order valence-electron chi connectivity index (χ4n) is 2.36. The van der Waals surface area contributed by atoms with E-state index in [-0.39, 0.29) is 12.5 Å². The van der Waals surface area contributed by atoms with Gasteiger partial charge in [0.15, 0.2) is 6.61 Å². The highest BCUT2D eigenvalue weighted by Gasteiger charge is 2.08. The zero-order chi connectivity index (χ0) is 18.2. The largest absolute Gasteiger partial charge is 0.484 e. The molecule has 2 amide bonds. The van der Waals surface area contributed by atoms with E-state index in [0.717, 1.165) is 12.1 Å². The predicted molar refractivity (Wildman–Crippen MR) is 96.1 cm³/mol. The van der Waals surface area contributed by atoms with Gasteiger partial charge in [0.25, 0.3) is 11.8 Å². The second-order valence-electron chi connectivity index (χ2n) is 5.97. The molecule has 0 radical (unpaired) electrons. The van der Waals surface area contributed by atoms with Gasteiger partial charge in [-0.05, 0) is 49.5 Å². The molecule has 3 N–H and O–H groups in total. The molecule has 0 fully saturated rings. The predicted octanol–water partition coefficient (Wildman–Crippen LogP) is 1.54. The maximum atomic E-state index is 12.3. The van der Waals surface area contributed by atoms with Crippen molar-refractivity contribution in [2.24, 2.45) is 5.73 Å². The van der Waals surface area contributed by atoms with Gasteiger partial charge in [-0.3, -0.25) is 9.59 Å². The lowest BCUT2D eigenvalue weighted by atomic mass is 10.1. The summed E-state index contributed by atoms with van der Waals surface area (Å²) >= 11 is 0. The van der Waals surface area contributed by atoms with Crippen molar-refractivity contribution in [3.8, 4) is 5.75 Å². The molecule has 25 heavy (non-hydrogen) atoms. The first-order valence-corrected chi connectivity index (χ1v) is 7.96. The molecule has 2 rings (SSSR count). The minimum Gasteiger partial charge on any atom is -0.484 e. The first-order chi connectivity index (χ1) is 12.0. The second kappa shape index (κ2) is 8.84. The Labute approximate surface area is 147 Å². The van der Waals surface area contributed by atoms with Crippen molar-refractivity contribution in [1.82, 2.24) is 10.2 Å². The Balaban J connectivity index is 1.95. The summed E-state index contributed by atoms with van der Waals surface area (Å²) in [5, 5.41) is 2.93. The number of carbonyl (C=O) groups is 2. The summed E-state index contributed by atoms with van der Waals surface area (Å²) in [5.74, 6) is -0.217. The van der Waals surface area contributed by atoms with Gasteiger partial charge in [-0.15, -0.1) is 0 Å². The molecule has 0 aliphatic heterocycles. The van der Waals surface area contributed by atoms with E-state index in [4.69, 9.17) is 10.5 Å². The quantitative estimate of drug-likeness (QED) is 0.763. The molecule has 0 saturated heterocycles. The van der Waals surface area contributed by atoms with E-state index >= 15 is 0 Å². The molecule has 2 aromatic rings. The van der Waals surface area contributed by atoms with Crippen LogP contribution in [0.2, 0.25) is 0 Å². The topological polar surface area (TPSA) is 84.7 Å². The first-order valence-electron chi connectivity index (χ1n) is 7.96. The van der Waals surface area contributed by atoms with Gasteiger partial charge in [0, 0.05) is 18.7 Å². The minimum atomic E-state index is -0.543. The fraction of sp³-hybridized carbons (Fsp3) is 0.263. The molecule has 0 aliphatic carbocycles. The summed E-state index contributed by atoms with van der Waals surface area (Å²) in [4.78, 5) is 25.1. The number of benzene rings is 2. The number of nitrogens with zero attached hydrogens (tertiary/aromatic N) is 1. The number of nitrogens with two attached hydrogens (primary N) is 1. The standard InChI is InChI=1S/C19H23N3O3/c1-22(2)12-16-6-4-3-5-15(16)11-21-19(24)14-7-9-17(10-8-14)25-13-18(20)23/h3-10H,11-13H2,1-2H3,(H2,20,23)(H,21,24). The Morgan fingerprint density at radius 1 is 1.04 bits per heavy atom. The van der Waals surface area contributed by atoms with Crippen LogP contribution in [0, 0.1) is 0 Å². The van der Waals surface area contributed by atoms with E-state index in [1.165, 1.54) is 5.56 Å². The van der Waals surface area contributed by atoms with Gasteiger partial charge >= 0.3 is 0 Å².